The van der Waals surface area contributed by atoms with Crippen LogP contribution in [0.25, 0.3) is 0 Å². The third kappa shape index (κ3) is 5.39. The van der Waals surface area contributed by atoms with Crippen molar-refractivity contribution >= 4 is 5.91 Å². The number of hydrogen-bond donors (Lipinski definition) is 2. The predicted octanol–water partition coefficient (Wildman–Crippen LogP) is 2.83. The molecule has 0 fully saturated rings. The Kier molecular flexibility index (Phi) is 6.50. The molecule has 1 atom stereocenters. The summed E-state index contributed by atoms with van der Waals surface area (Å²) < 4.78 is 13.4. The molecule has 1 aromatic carbocycles. The van der Waals surface area contributed by atoms with Crippen molar-refractivity contribution in [2.24, 2.45) is 5.73 Å². The van der Waals surface area contributed by atoms with Crippen LogP contribution in [0.4, 0.5) is 4.39 Å². The molecule has 0 aliphatic heterocycles. The number of carbonyl (C=O) groups excluding carboxylic acids is 1. The smallest absolute Gasteiger partial charge is 0.220 e. The van der Waals surface area contributed by atoms with Crippen molar-refractivity contribution in [3.8, 4) is 0 Å². The fourth-order valence-electron chi connectivity index (χ4n) is 1.88. The van der Waals surface area contributed by atoms with Crippen molar-refractivity contribution in [1.29, 1.82) is 0 Å². The molecule has 0 saturated carbocycles. The predicted molar refractivity (Wildman–Crippen MR) is 75.2 cm³/mol. The maximum absolute atomic E-state index is 13.4. The standard InChI is InChI=1S/C15H23FN2O/c1-11-7-8-13(10-14(11)16)12(2)18-15(19)6-4-3-5-9-17/h7-8,10,12H,3-6,9,17H2,1-2H3,(H,18,19). The van der Waals surface area contributed by atoms with Crippen molar-refractivity contribution in [2.45, 2.75) is 45.6 Å². The largest absolute Gasteiger partial charge is 0.350 e. The van der Waals surface area contributed by atoms with E-state index in [-0.39, 0.29) is 17.8 Å². The minimum atomic E-state index is -0.235. The first-order valence-corrected chi connectivity index (χ1v) is 6.80. The molecule has 1 unspecified atom stereocenters. The molecule has 4 heteroatoms. The van der Waals surface area contributed by atoms with Crippen molar-refractivity contribution in [3.63, 3.8) is 0 Å². The van der Waals surface area contributed by atoms with Gasteiger partial charge in [0, 0.05) is 6.42 Å². The summed E-state index contributed by atoms with van der Waals surface area (Å²) in [7, 11) is 0. The van der Waals surface area contributed by atoms with Crippen LogP contribution in [-0.2, 0) is 4.79 Å². The first-order valence-electron chi connectivity index (χ1n) is 6.80. The van der Waals surface area contributed by atoms with E-state index in [1.165, 1.54) is 6.07 Å². The van der Waals surface area contributed by atoms with Crippen LogP contribution in [0.15, 0.2) is 18.2 Å². The van der Waals surface area contributed by atoms with Crippen LogP contribution in [0.5, 0.6) is 0 Å². The van der Waals surface area contributed by atoms with Crippen LogP contribution in [0, 0.1) is 12.7 Å². The number of nitrogens with one attached hydrogen (secondary N) is 1. The van der Waals surface area contributed by atoms with Gasteiger partial charge in [-0.25, -0.2) is 4.39 Å². The Hall–Kier alpha value is -1.42. The molecular weight excluding hydrogens is 243 g/mol. The summed E-state index contributed by atoms with van der Waals surface area (Å²) in [6.45, 7) is 4.25. The van der Waals surface area contributed by atoms with Gasteiger partial charge in [0.1, 0.15) is 5.82 Å². The number of benzene rings is 1. The lowest BCUT2D eigenvalue weighted by Gasteiger charge is -2.15. The number of amides is 1. The molecule has 0 aromatic heterocycles. The van der Waals surface area contributed by atoms with Gasteiger partial charge in [-0.2, -0.15) is 0 Å². The summed E-state index contributed by atoms with van der Waals surface area (Å²) in [5.41, 5.74) is 6.80. The minimum Gasteiger partial charge on any atom is -0.350 e. The fraction of sp³-hybridized carbons (Fsp3) is 0.533. The fourth-order valence-corrected chi connectivity index (χ4v) is 1.88. The summed E-state index contributed by atoms with van der Waals surface area (Å²) in [5, 5.41) is 2.88. The molecule has 1 rings (SSSR count). The highest BCUT2D eigenvalue weighted by Crippen LogP contribution is 2.16. The maximum atomic E-state index is 13.4. The SMILES string of the molecule is Cc1ccc(C(C)NC(=O)CCCCCN)cc1F. The summed E-state index contributed by atoms with van der Waals surface area (Å²) in [4.78, 5) is 11.7. The van der Waals surface area contributed by atoms with Gasteiger partial charge in [-0.3, -0.25) is 4.79 Å². The van der Waals surface area contributed by atoms with Gasteiger partial charge < -0.3 is 11.1 Å². The van der Waals surface area contributed by atoms with Crippen molar-refractivity contribution < 1.29 is 9.18 Å². The van der Waals surface area contributed by atoms with Crippen LogP contribution in [0.3, 0.4) is 0 Å². The second-order valence-corrected chi connectivity index (χ2v) is 4.90. The molecule has 0 saturated heterocycles. The topological polar surface area (TPSA) is 55.1 Å². The number of halogens is 1. The van der Waals surface area contributed by atoms with Gasteiger partial charge in [0.2, 0.25) is 5.91 Å². The lowest BCUT2D eigenvalue weighted by molar-refractivity contribution is -0.121. The van der Waals surface area contributed by atoms with Gasteiger partial charge in [-0.15, -0.1) is 0 Å². The zero-order valence-corrected chi connectivity index (χ0v) is 11.7. The van der Waals surface area contributed by atoms with Crippen LogP contribution < -0.4 is 11.1 Å². The van der Waals surface area contributed by atoms with Gasteiger partial charge in [0.15, 0.2) is 0 Å². The molecule has 0 bridgehead atoms. The normalized spacial score (nSPS) is 12.2. The molecule has 0 aliphatic carbocycles. The minimum absolute atomic E-state index is 0.00510. The Morgan fingerprint density at radius 2 is 2.11 bits per heavy atom. The third-order valence-electron chi connectivity index (χ3n) is 3.18. The molecule has 3 nitrogen and oxygen atoms in total. The Labute approximate surface area is 114 Å². The van der Waals surface area contributed by atoms with E-state index in [1.807, 2.05) is 13.0 Å². The van der Waals surface area contributed by atoms with E-state index in [9.17, 15) is 9.18 Å². The zero-order chi connectivity index (χ0) is 14.3. The van der Waals surface area contributed by atoms with Crippen LogP contribution in [-0.4, -0.2) is 12.5 Å². The van der Waals surface area contributed by atoms with Gasteiger partial charge in [0.25, 0.3) is 0 Å². The molecule has 0 spiro atoms. The summed E-state index contributed by atoms with van der Waals surface area (Å²) in [6.07, 6.45) is 3.26. The third-order valence-corrected chi connectivity index (χ3v) is 3.18. The average molecular weight is 266 g/mol. The molecular formula is C15H23FN2O. The molecule has 19 heavy (non-hydrogen) atoms. The molecule has 3 N–H and O–H groups in total. The van der Waals surface area contributed by atoms with E-state index < -0.39 is 0 Å². The summed E-state index contributed by atoms with van der Waals surface area (Å²) >= 11 is 0. The van der Waals surface area contributed by atoms with E-state index >= 15 is 0 Å². The lowest BCUT2D eigenvalue weighted by Crippen LogP contribution is -2.26. The highest BCUT2D eigenvalue weighted by atomic mass is 19.1. The lowest BCUT2D eigenvalue weighted by atomic mass is 10.1. The highest BCUT2D eigenvalue weighted by molar-refractivity contribution is 5.76. The monoisotopic (exact) mass is 266 g/mol. The summed E-state index contributed by atoms with van der Waals surface area (Å²) in [6, 6.07) is 4.89. The maximum Gasteiger partial charge on any atom is 0.220 e. The number of hydrogen-bond acceptors (Lipinski definition) is 2. The molecule has 0 heterocycles. The van der Waals surface area contributed by atoms with Gasteiger partial charge in [-0.05, 0) is 50.4 Å². The number of aryl methyl sites for hydroxylation is 1. The van der Waals surface area contributed by atoms with Gasteiger partial charge in [0.05, 0.1) is 6.04 Å². The number of rotatable bonds is 7. The Morgan fingerprint density at radius 1 is 1.37 bits per heavy atom. The first kappa shape index (κ1) is 15.6. The Morgan fingerprint density at radius 3 is 2.74 bits per heavy atom. The van der Waals surface area contributed by atoms with Crippen molar-refractivity contribution in [3.05, 3.63) is 35.1 Å². The molecule has 1 aromatic rings. The average Bonchev–Trinajstić information content (AvgIpc) is 2.38. The van der Waals surface area contributed by atoms with Crippen LogP contribution in [0.2, 0.25) is 0 Å². The van der Waals surface area contributed by atoms with E-state index in [4.69, 9.17) is 5.73 Å². The second kappa shape index (κ2) is 7.89. The number of unbranched alkanes of at least 4 members (excludes halogenated alkanes) is 2. The van der Waals surface area contributed by atoms with E-state index in [2.05, 4.69) is 5.32 Å². The first-order chi connectivity index (χ1) is 9.04. The van der Waals surface area contributed by atoms with Gasteiger partial charge in [-0.1, -0.05) is 18.6 Å². The van der Waals surface area contributed by atoms with Gasteiger partial charge >= 0.3 is 0 Å². The molecule has 0 aliphatic rings. The van der Waals surface area contributed by atoms with E-state index in [0.717, 1.165) is 24.8 Å². The van der Waals surface area contributed by atoms with Crippen molar-refractivity contribution in [1.82, 2.24) is 5.32 Å². The van der Waals surface area contributed by atoms with Crippen LogP contribution >= 0.6 is 0 Å². The Balaban J connectivity index is 2.43. The Bertz CT molecular complexity index is 421. The molecule has 0 radical (unpaired) electrons. The number of carbonyl (C=O) groups is 1. The van der Waals surface area contributed by atoms with Crippen molar-refractivity contribution in [2.75, 3.05) is 6.54 Å². The van der Waals surface area contributed by atoms with E-state index in [1.54, 1.807) is 13.0 Å². The highest BCUT2D eigenvalue weighted by Gasteiger charge is 2.10. The quantitative estimate of drug-likeness (QED) is 0.746. The molecule has 1 amide bonds. The summed E-state index contributed by atoms with van der Waals surface area (Å²) in [5.74, 6) is -0.230. The number of nitrogens with two attached hydrogens (primary N) is 1. The zero-order valence-electron chi connectivity index (χ0n) is 11.7. The molecule has 106 valence electrons. The second-order valence-electron chi connectivity index (χ2n) is 4.90. The van der Waals surface area contributed by atoms with Crippen LogP contribution in [0.1, 0.15) is 49.8 Å². The van der Waals surface area contributed by atoms with E-state index in [0.29, 0.717) is 18.5 Å².